The minimum absolute atomic E-state index is 0.0358. The lowest BCUT2D eigenvalue weighted by atomic mass is 9.70. The van der Waals surface area contributed by atoms with Crippen molar-refractivity contribution in [3.05, 3.63) is 95.1 Å². The van der Waals surface area contributed by atoms with Crippen LogP contribution in [-0.4, -0.2) is 32.5 Å². The normalized spacial score (nSPS) is 31.1. The molecule has 2 atom stereocenters. The maximum atomic E-state index is 11.1. The Morgan fingerprint density at radius 3 is 2.35 bits per heavy atom. The van der Waals surface area contributed by atoms with Crippen molar-refractivity contribution in [1.82, 2.24) is 0 Å². The Bertz CT molecular complexity index is 1140. The first-order valence-corrected chi connectivity index (χ1v) is 10.5. The summed E-state index contributed by atoms with van der Waals surface area (Å²) in [7, 11) is 0. The molecule has 2 aromatic carbocycles. The minimum atomic E-state index is -1.10. The van der Waals surface area contributed by atoms with Crippen LogP contribution in [-0.2, 0) is 5.60 Å². The van der Waals surface area contributed by atoms with Crippen LogP contribution in [0.2, 0.25) is 0 Å². The fourth-order valence-corrected chi connectivity index (χ4v) is 4.77. The number of nitrogens with two attached hydrogens (primary N) is 1. The van der Waals surface area contributed by atoms with Crippen LogP contribution in [0, 0.1) is 5.92 Å². The number of amidine groups is 1. The van der Waals surface area contributed by atoms with Gasteiger partial charge in [-0.3, -0.25) is 4.99 Å². The molecule has 6 nitrogen and oxygen atoms in total. The van der Waals surface area contributed by atoms with E-state index in [0.717, 1.165) is 28.1 Å². The molecule has 4 N–H and O–H groups in total. The van der Waals surface area contributed by atoms with Gasteiger partial charge in [-0.1, -0.05) is 42.5 Å². The number of rotatable bonds is 4. The van der Waals surface area contributed by atoms with E-state index in [1.165, 1.54) is 0 Å². The quantitative estimate of drug-likeness (QED) is 0.528. The number of hydrogen-bond donors (Lipinski definition) is 3. The van der Waals surface area contributed by atoms with E-state index in [0.29, 0.717) is 18.7 Å². The van der Waals surface area contributed by atoms with Crippen molar-refractivity contribution in [2.45, 2.75) is 37.9 Å². The molecule has 0 saturated heterocycles. The topological polar surface area (TPSA) is 91.2 Å². The second-order valence-electron chi connectivity index (χ2n) is 9.18. The van der Waals surface area contributed by atoms with Gasteiger partial charge in [0, 0.05) is 5.92 Å². The summed E-state index contributed by atoms with van der Waals surface area (Å²) in [4.78, 5) is 9.21. The SMILES string of the molecule is CC1(O)CC(C2=C3C=NC=C[N+]3(N)C(c3ccc(C(C)(O)c4ccccc4)cc3)=N2)C1. The van der Waals surface area contributed by atoms with Gasteiger partial charge in [-0.2, -0.15) is 10.8 Å². The molecule has 2 unspecified atom stereocenters. The van der Waals surface area contributed by atoms with Gasteiger partial charge in [0.05, 0.1) is 23.6 Å². The van der Waals surface area contributed by atoms with Gasteiger partial charge in [0.25, 0.3) is 5.84 Å². The van der Waals surface area contributed by atoms with Crippen molar-refractivity contribution >= 4 is 12.1 Å². The molecule has 0 aromatic heterocycles. The molecule has 1 saturated carbocycles. The van der Waals surface area contributed by atoms with E-state index < -0.39 is 11.2 Å². The van der Waals surface area contributed by atoms with Crippen LogP contribution in [0.25, 0.3) is 0 Å². The number of quaternary nitrogens is 1. The van der Waals surface area contributed by atoms with E-state index in [-0.39, 0.29) is 10.5 Å². The molecule has 0 bridgehead atoms. The second-order valence-corrected chi connectivity index (χ2v) is 9.18. The first-order valence-electron chi connectivity index (χ1n) is 10.5. The maximum absolute atomic E-state index is 11.1. The van der Waals surface area contributed by atoms with Gasteiger partial charge in [-0.25, -0.2) is 0 Å². The molecule has 2 aromatic rings. The lowest BCUT2D eigenvalue weighted by molar-refractivity contribution is -0.750. The number of allylic oxidation sites excluding steroid dienone is 2. The maximum Gasteiger partial charge on any atom is 0.264 e. The number of nitrogens with zero attached hydrogens (tertiary/aromatic N) is 3. The Kier molecular flexibility index (Phi) is 4.39. The first kappa shape index (κ1) is 20.0. The van der Waals surface area contributed by atoms with Crippen molar-refractivity contribution in [3.63, 3.8) is 0 Å². The number of hydrogen-bond acceptors (Lipinski definition) is 5. The number of benzene rings is 2. The molecule has 31 heavy (non-hydrogen) atoms. The Hall–Kier alpha value is -2.90. The summed E-state index contributed by atoms with van der Waals surface area (Å²) in [5, 5.41) is 21.3. The summed E-state index contributed by atoms with van der Waals surface area (Å²) in [6.07, 6.45) is 6.62. The van der Waals surface area contributed by atoms with Crippen LogP contribution in [0.1, 0.15) is 43.4 Å². The van der Waals surface area contributed by atoms with Gasteiger partial charge in [0.1, 0.15) is 17.5 Å². The van der Waals surface area contributed by atoms with Gasteiger partial charge in [-0.15, -0.1) is 4.59 Å². The van der Waals surface area contributed by atoms with Gasteiger partial charge in [0.2, 0.25) is 5.70 Å². The fourth-order valence-electron chi connectivity index (χ4n) is 4.77. The van der Waals surface area contributed by atoms with Gasteiger partial charge in [0.15, 0.2) is 0 Å². The van der Waals surface area contributed by atoms with Crippen molar-refractivity contribution in [2.24, 2.45) is 21.7 Å². The molecule has 1 aliphatic carbocycles. The predicted octanol–water partition coefficient (Wildman–Crippen LogP) is 3.32. The van der Waals surface area contributed by atoms with Crippen LogP contribution < -0.4 is 5.84 Å². The summed E-state index contributed by atoms with van der Waals surface area (Å²) in [6.45, 7) is 3.65. The van der Waals surface area contributed by atoms with E-state index in [9.17, 15) is 10.2 Å². The zero-order valence-corrected chi connectivity index (χ0v) is 17.7. The monoisotopic (exact) mass is 415 g/mol. The van der Waals surface area contributed by atoms with Crippen molar-refractivity contribution in [1.29, 1.82) is 0 Å². The molecule has 0 amide bonds. The molecular weight excluding hydrogens is 388 g/mol. The molecule has 5 rings (SSSR count). The Morgan fingerprint density at radius 1 is 1.06 bits per heavy atom. The lowest BCUT2D eigenvalue weighted by Gasteiger charge is -2.40. The standard InChI is InChI=1S/C25H27N4O2/c1-24(30)14-18(15-24)22-21-16-27-12-13-29(21,26)23(28-22)17-8-10-20(11-9-17)25(2,31)19-6-4-3-5-7-19/h3-13,16,18,30-31H,14-15,26H2,1-2H3/q+1. The summed E-state index contributed by atoms with van der Waals surface area (Å²) in [6, 6.07) is 17.4. The summed E-state index contributed by atoms with van der Waals surface area (Å²) < 4.78 is -0.0358. The molecule has 6 heteroatoms. The molecule has 158 valence electrons. The number of aliphatic imine (C=N–C) groups is 2. The molecule has 0 radical (unpaired) electrons. The van der Waals surface area contributed by atoms with E-state index in [1.54, 1.807) is 19.3 Å². The molecule has 2 aliphatic heterocycles. The highest BCUT2D eigenvalue weighted by Crippen LogP contribution is 2.46. The smallest absolute Gasteiger partial charge is 0.264 e. The highest BCUT2D eigenvalue weighted by atomic mass is 16.3. The molecular formula is C25H27N4O2+. The van der Waals surface area contributed by atoms with E-state index >= 15 is 0 Å². The predicted molar refractivity (Wildman–Crippen MR) is 121 cm³/mol. The minimum Gasteiger partial charge on any atom is -0.390 e. The van der Waals surface area contributed by atoms with E-state index in [1.807, 2.05) is 67.7 Å². The van der Waals surface area contributed by atoms with Crippen molar-refractivity contribution in [3.8, 4) is 0 Å². The Morgan fingerprint density at radius 2 is 1.71 bits per heavy atom. The average molecular weight is 416 g/mol. The molecule has 2 heterocycles. The third kappa shape index (κ3) is 3.20. The Labute approximate surface area is 181 Å². The highest BCUT2D eigenvalue weighted by molar-refractivity contribution is 6.00. The highest BCUT2D eigenvalue weighted by Gasteiger charge is 2.50. The van der Waals surface area contributed by atoms with Crippen molar-refractivity contribution < 1.29 is 14.8 Å². The fraction of sp³-hybridized carbons (Fsp3) is 0.280. The van der Waals surface area contributed by atoms with Crippen LogP contribution in [0.5, 0.6) is 0 Å². The van der Waals surface area contributed by atoms with Crippen LogP contribution in [0.4, 0.5) is 0 Å². The van der Waals surface area contributed by atoms with Gasteiger partial charge >= 0.3 is 0 Å². The molecule has 0 spiro atoms. The van der Waals surface area contributed by atoms with Crippen LogP contribution in [0.15, 0.2) is 88.4 Å². The number of aliphatic hydroxyl groups is 2. The third-order valence-electron chi connectivity index (χ3n) is 6.62. The first-order chi connectivity index (χ1) is 14.7. The zero-order chi connectivity index (χ0) is 21.9. The third-order valence-corrected chi connectivity index (χ3v) is 6.62. The van der Waals surface area contributed by atoms with Crippen LogP contribution in [0.3, 0.4) is 0 Å². The summed E-state index contributed by atoms with van der Waals surface area (Å²) >= 11 is 0. The summed E-state index contributed by atoms with van der Waals surface area (Å²) in [5.74, 6) is 7.67. The Balaban J connectivity index is 1.49. The molecule has 1 fully saturated rings. The number of fused-ring (bicyclic) bond motifs is 1. The molecule has 3 aliphatic rings. The second kappa shape index (κ2) is 6.80. The van der Waals surface area contributed by atoms with E-state index in [4.69, 9.17) is 10.8 Å². The largest absolute Gasteiger partial charge is 0.390 e. The van der Waals surface area contributed by atoms with E-state index in [2.05, 4.69) is 4.99 Å². The zero-order valence-electron chi connectivity index (χ0n) is 17.7. The average Bonchev–Trinajstić information content (AvgIpc) is 3.05. The van der Waals surface area contributed by atoms with Crippen molar-refractivity contribution in [2.75, 3.05) is 0 Å². The summed E-state index contributed by atoms with van der Waals surface area (Å²) in [5.41, 5.74) is 2.51. The van der Waals surface area contributed by atoms with Gasteiger partial charge in [-0.05, 0) is 49.9 Å². The van der Waals surface area contributed by atoms with Crippen LogP contribution >= 0.6 is 0 Å². The van der Waals surface area contributed by atoms with Gasteiger partial charge < -0.3 is 10.2 Å². The lowest BCUT2D eigenvalue weighted by Crippen LogP contribution is -2.53.